The second kappa shape index (κ2) is 5.34. The van der Waals surface area contributed by atoms with Crippen LogP contribution in [0.15, 0.2) is 56.4 Å². The standard InChI is InChI=1S/C15H14N2O4S/c1-10-5-3-4-6-12(10)17-22(18,19)15-9-14(20-11(15)2)13-7-8-16-21-13/h3-9,17H,1-2H3. The molecule has 1 aromatic carbocycles. The zero-order valence-electron chi connectivity index (χ0n) is 12.0. The van der Waals surface area contributed by atoms with Gasteiger partial charge < -0.3 is 8.94 Å². The van der Waals surface area contributed by atoms with Crippen molar-refractivity contribution in [2.45, 2.75) is 18.7 Å². The van der Waals surface area contributed by atoms with E-state index in [0.717, 1.165) is 5.56 Å². The van der Waals surface area contributed by atoms with Crippen molar-refractivity contribution in [1.29, 1.82) is 0 Å². The van der Waals surface area contributed by atoms with Crippen LogP contribution >= 0.6 is 0 Å². The number of hydrogen-bond acceptors (Lipinski definition) is 5. The highest BCUT2D eigenvalue weighted by Gasteiger charge is 2.23. The Bertz CT molecular complexity index is 896. The van der Waals surface area contributed by atoms with Crippen molar-refractivity contribution >= 4 is 15.7 Å². The first kappa shape index (κ1) is 14.4. The SMILES string of the molecule is Cc1ccccc1NS(=O)(=O)c1cc(-c2ccno2)oc1C. The number of hydrogen-bond donors (Lipinski definition) is 1. The van der Waals surface area contributed by atoms with E-state index in [4.69, 9.17) is 8.94 Å². The zero-order valence-corrected chi connectivity index (χ0v) is 12.8. The van der Waals surface area contributed by atoms with Crippen LogP contribution in [0.3, 0.4) is 0 Å². The van der Waals surface area contributed by atoms with Crippen LogP contribution in [-0.2, 0) is 10.0 Å². The molecule has 0 saturated carbocycles. The van der Waals surface area contributed by atoms with Crippen molar-refractivity contribution in [3.05, 3.63) is 53.9 Å². The molecule has 0 aliphatic rings. The molecule has 0 atom stereocenters. The van der Waals surface area contributed by atoms with Crippen LogP contribution in [0.5, 0.6) is 0 Å². The molecule has 0 aliphatic carbocycles. The van der Waals surface area contributed by atoms with Crippen LogP contribution in [0, 0.1) is 13.8 Å². The van der Waals surface area contributed by atoms with E-state index in [1.54, 1.807) is 25.1 Å². The normalized spacial score (nSPS) is 11.5. The summed E-state index contributed by atoms with van der Waals surface area (Å²) in [5.41, 5.74) is 1.37. The van der Waals surface area contributed by atoms with Crippen LogP contribution in [0.4, 0.5) is 5.69 Å². The second-order valence-electron chi connectivity index (χ2n) is 4.83. The first-order chi connectivity index (χ1) is 10.5. The molecule has 2 aromatic heterocycles. The molecule has 0 spiro atoms. The maximum Gasteiger partial charge on any atom is 0.265 e. The van der Waals surface area contributed by atoms with Gasteiger partial charge in [0.25, 0.3) is 10.0 Å². The van der Waals surface area contributed by atoms with Gasteiger partial charge in [0.1, 0.15) is 10.7 Å². The second-order valence-corrected chi connectivity index (χ2v) is 6.48. The minimum atomic E-state index is -3.74. The van der Waals surface area contributed by atoms with Crippen molar-refractivity contribution in [1.82, 2.24) is 5.16 Å². The Morgan fingerprint density at radius 2 is 1.86 bits per heavy atom. The lowest BCUT2D eigenvalue weighted by Gasteiger charge is -2.09. The van der Waals surface area contributed by atoms with E-state index in [1.807, 2.05) is 19.1 Å². The van der Waals surface area contributed by atoms with Gasteiger partial charge in [-0.15, -0.1) is 0 Å². The number of para-hydroxylation sites is 1. The Morgan fingerprint density at radius 3 is 2.55 bits per heavy atom. The van der Waals surface area contributed by atoms with Crippen molar-refractivity contribution in [3.8, 4) is 11.5 Å². The van der Waals surface area contributed by atoms with Gasteiger partial charge in [-0.1, -0.05) is 23.4 Å². The Morgan fingerprint density at radius 1 is 1.09 bits per heavy atom. The van der Waals surface area contributed by atoms with Gasteiger partial charge in [0.2, 0.25) is 5.76 Å². The van der Waals surface area contributed by atoms with E-state index < -0.39 is 10.0 Å². The predicted molar refractivity (Wildman–Crippen MR) is 80.9 cm³/mol. The number of sulfonamides is 1. The highest BCUT2D eigenvalue weighted by atomic mass is 32.2. The van der Waals surface area contributed by atoms with E-state index in [1.165, 1.54) is 12.3 Å². The van der Waals surface area contributed by atoms with Gasteiger partial charge in [-0.25, -0.2) is 8.42 Å². The average Bonchev–Trinajstić information content (AvgIpc) is 3.10. The van der Waals surface area contributed by atoms with Crippen molar-refractivity contribution in [3.63, 3.8) is 0 Å². The molecule has 6 nitrogen and oxygen atoms in total. The molecule has 0 bridgehead atoms. The molecule has 0 unspecified atom stereocenters. The number of nitrogens with one attached hydrogen (secondary N) is 1. The van der Waals surface area contributed by atoms with Crippen LogP contribution in [0.1, 0.15) is 11.3 Å². The van der Waals surface area contributed by atoms with Gasteiger partial charge in [0.05, 0.1) is 11.9 Å². The lowest BCUT2D eigenvalue weighted by Crippen LogP contribution is -2.13. The molecule has 0 saturated heterocycles. The Balaban J connectivity index is 1.98. The van der Waals surface area contributed by atoms with E-state index in [9.17, 15) is 8.42 Å². The highest BCUT2D eigenvalue weighted by molar-refractivity contribution is 7.92. The number of aromatic nitrogens is 1. The summed E-state index contributed by atoms with van der Waals surface area (Å²) in [6, 6.07) is 10.2. The van der Waals surface area contributed by atoms with Gasteiger partial charge >= 0.3 is 0 Å². The number of anilines is 1. The van der Waals surface area contributed by atoms with E-state index in [2.05, 4.69) is 9.88 Å². The van der Waals surface area contributed by atoms with Crippen LogP contribution in [-0.4, -0.2) is 13.6 Å². The molecular formula is C15H14N2O4S. The van der Waals surface area contributed by atoms with E-state index in [0.29, 0.717) is 17.2 Å². The van der Waals surface area contributed by atoms with Gasteiger partial charge in [0.15, 0.2) is 5.76 Å². The monoisotopic (exact) mass is 318 g/mol. The van der Waals surface area contributed by atoms with Crippen LogP contribution < -0.4 is 4.72 Å². The fourth-order valence-electron chi connectivity index (χ4n) is 2.08. The van der Waals surface area contributed by atoms with Gasteiger partial charge in [-0.2, -0.15) is 0 Å². The van der Waals surface area contributed by atoms with Gasteiger partial charge in [-0.05, 0) is 25.5 Å². The number of nitrogens with zero attached hydrogens (tertiary/aromatic N) is 1. The minimum absolute atomic E-state index is 0.0714. The van der Waals surface area contributed by atoms with Crippen molar-refractivity contribution in [2.24, 2.45) is 0 Å². The number of benzene rings is 1. The zero-order chi connectivity index (χ0) is 15.7. The summed E-state index contributed by atoms with van der Waals surface area (Å²) in [4.78, 5) is 0.0714. The van der Waals surface area contributed by atoms with E-state index in [-0.39, 0.29) is 10.7 Å². The highest BCUT2D eigenvalue weighted by Crippen LogP contribution is 2.29. The van der Waals surface area contributed by atoms with Crippen molar-refractivity contribution < 1.29 is 17.4 Å². The molecule has 0 radical (unpaired) electrons. The Hall–Kier alpha value is -2.54. The van der Waals surface area contributed by atoms with E-state index >= 15 is 0 Å². The summed E-state index contributed by atoms with van der Waals surface area (Å²) in [6.45, 7) is 3.42. The van der Waals surface area contributed by atoms with Crippen LogP contribution in [0.2, 0.25) is 0 Å². The summed E-state index contributed by atoms with van der Waals surface area (Å²) < 4.78 is 38.1. The lowest BCUT2D eigenvalue weighted by molar-refractivity contribution is 0.414. The van der Waals surface area contributed by atoms with Crippen molar-refractivity contribution in [2.75, 3.05) is 4.72 Å². The number of furan rings is 1. The molecule has 114 valence electrons. The van der Waals surface area contributed by atoms with Gasteiger partial charge in [0, 0.05) is 12.1 Å². The van der Waals surface area contributed by atoms with Gasteiger partial charge in [-0.3, -0.25) is 4.72 Å². The fraction of sp³-hybridized carbons (Fsp3) is 0.133. The summed E-state index contributed by atoms with van der Waals surface area (Å²) in [6.07, 6.45) is 1.47. The lowest BCUT2D eigenvalue weighted by atomic mass is 10.2. The summed E-state index contributed by atoms with van der Waals surface area (Å²) >= 11 is 0. The Kier molecular flexibility index (Phi) is 3.50. The molecule has 1 N–H and O–H groups in total. The third-order valence-electron chi connectivity index (χ3n) is 3.23. The molecule has 7 heteroatoms. The fourth-order valence-corrected chi connectivity index (χ4v) is 3.39. The topological polar surface area (TPSA) is 85.3 Å². The first-order valence-corrected chi connectivity index (χ1v) is 8.05. The molecular weight excluding hydrogens is 304 g/mol. The molecule has 0 fully saturated rings. The smallest absolute Gasteiger partial charge is 0.265 e. The van der Waals surface area contributed by atoms with Crippen LogP contribution in [0.25, 0.3) is 11.5 Å². The summed E-state index contributed by atoms with van der Waals surface area (Å²) in [5, 5.41) is 3.58. The quantitative estimate of drug-likeness (QED) is 0.797. The predicted octanol–water partition coefficient (Wildman–Crippen LogP) is 3.35. The maximum absolute atomic E-state index is 12.5. The first-order valence-electron chi connectivity index (χ1n) is 6.57. The Labute approximate surface area is 127 Å². The largest absolute Gasteiger partial charge is 0.456 e. The maximum atomic E-state index is 12.5. The third-order valence-corrected chi connectivity index (χ3v) is 4.70. The minimum Gasteiger partial charge on any atom is -0.456 e. The third kappa shape index (κ3) is 2.62. The number of rotatable bonds is 4. The summed E-state index contributed by atoms with van der Waals surface area (Å²) in [7, 11) is -3.74. The molecule has 0 aliphatic heterocycles. The molecule has 3 rings (SSSR count). The number of aryl methyl sites for hydroxylation is 2. The molecule has 0 amide bonds. The molecule has 22 heavy (non-hydrogen) atoms. The average molecular weight is 318 g/mol. The molecule has 2 heterocycles. The summed E-state index contributed by atoms with van der Waals surface area (Å²) in [5.74, 6) is 0.980. The molecule has 3 aromatic rings.